The van der Waals surface area contributed by atoms with Crippen molar-refractivity contribution in [2.45, 2.75) is 38.0 Å². The summed E-state index contributed by atoms with van der Waals surface area (Å²) in [4.78, 5) is 18.1. The molecule has 7 nitrogen and oxygen atoms in total. The molecule has 1 aliphatic rings. The number of likely N-dealkylation sites (tertiary alicyclic amines) is 1. The lowest BCUT2D eigenvalue weighted by Crippen LogP contribution is -2.37. The van der Waals surface area contributed by atoms with E-state index < -0.39 is 0 Å². The van der Waals surface area contributed by atoms with Gasteiger partial charge in [-0.05, 0) is 61.1 Å². The van der Waals surface area contributed by atoms with Gasteiger partial charge in [0.2, 0.25) is 17.7 Å². The molecule has 1 N–H and O–H groups in total. The van der Waals surface area contributed by atoms with Gasteiger partial charge < -0.3 is 19.0 Å². The average Bonchev–Trinajstić information content (AvgIpc) is 3.51. The van der Waals surface area contributed by atoms with Crippen LogP contribution in [0.2, 0.25) is 0 Å². The quantitative estimate of drug-likeness (QED) is 0.436. The van der Waals surface area contributed by atoms with Crippen molar-refractivity contribution < 1.29 is 13.9 Å². The zero-order valence-corrected chi connectivity index (χ0v) is 18.8. The fourth-order valence-corrected chi connectivity index (χ4v) is 4.63. The highest BCUT2D eigenvalue weighted by atomic mass is 16.5. The number of carbonyl (C=O) groups is 1. The second kappa shape index (κ2) is 9.48. The number of nitrogens with zero attached hydrogens (tertiary/aromatic N) is 3. The van der Waals surface area contributed by atoms with Crippen molar-refractivity contribution in [1.29, 1.82) is 0 Å². The highest BCUT2D eigenvalue weighted by Gasteiger charge is 2.25. The molecule has 2 aromatic heterocycles. The van der Waals surface area contributed by atoms with E-state index in [-0.39, 0.29) is 5.91 Å². The lowest BCUT2D eigenvalue weighted by Gasteiger charge is -2.32. The first-order valence-electron chi connectivity index (χ1n) is 11.5. The van der Waals surface area contributed by atoms with Crippen molar-refractivity contribution in [1.82, 2.24) is 20.1 Å². The second-order valence-electron chi connectivity index (χ2n) is 8.53. The van der Waals surface area contributed by atoms with Crippen LogP contribution in [0, 0.1) is 0 Å². The third-order valence-electron chi connectivity index (χ3n) is 6.48. The molecule has 7 heteroatoms. The Morgan fingerprint density at radius 1 is 1.15 bits per heavy atom. The molecule has 5 rings (SSSR count). The Hall–Kier alpha value is -3.61. The molecule has 4 aromatic rings. The van der Waals surface area contributed by atoms with Gasteiger partial charge >= 0.3 is 0 Å². The van der Waals surface area contributed by atoms with E-state index in [2.05, 4.69) is 33.5 Å². The number of methoxy groups -OCH3 is 1. The van der Waals surface area contributed by atoms with Crippen LogP contribution in [0.1, 0.15) is 43.1 Å². The zero-order chi connectivity index (χ0) is 22.6. The molecular formula is C26H28N4O3. The van der Waals surface area contributed by atoms with Gasteiger partial charge in [0.05, 0.1) is 7.11 Å². The van der Waals surface area contributed by atoms with Crippen LogP contribution in [0.4, 0.5) is 0 Å². The van der Waals surface area contributed by atoms with Gasteiger partial charge in [-0.2, -0.15) is 0 Å². The molecule has 1 amide bonds. The summed E-state index contributed by atoms with van der Waals surface area (Å²) in [6.45, 7) is 1.58. The summed E-state index contributed by atoms with van der Waals surface area (Å²) in [5.74, 6) is 2.62. The number of piperidine rings is 1. The van der Waals surface area contributed by atoms with E-state index >= 15 is 0 Å². The van der Waals surface area contributed by atoms with E-state index in [1.807, 2.05) is 41.3 Å². The minimum Gasteiger partial charge on any atom is -0.497 e. The Bertz CT molecular complexity index is 1220. The topological polar surface area (TPSA) is 84.2 Å². The monoisotopic (exact) mass is 444 g/mol. The van der Waals surface area contributed by atoms with Crippen molar-refractivity contribution in [3.8, 4) is 17.2 Å². The number of aromatic amines is 1. The molecule has 0 atom stereocenters. The maximum atomic E-state index is 12.7. The van der Waals surface area contributed by atoms with Crippen LogP contribution in [-0.4, -0.2) is 46.2 Å². The number of ether oxygens (including phenoxy) is 1. The first kappa shape index (κ1) is 21.2. The van der Waals surface area contributed by atoms with Crippen LogP contribution in [0.3, 0.4) is 0 Å². The van der Waals surface area contributed by atoms with Crippen LogP contribution in [0.15, 0.2) is 59.1 Å². The van der Waals surface area contributed by atoms with E-state index in [9.17, 15) is 4.79 Å². The summed E-state index contributed by atoms with van der Waals surface area (Å²) >= 11 is 0. The molecule has 33 heavy (non-hydrogen) atoms. The number of nitrogens with one attached hydrogen (secondary N) is 1. The van der Waals surface area contributed by atoms with Crippen LogP contribution in [-0.2, 0) is 11.2 Å². The Morgan fingerprint density at radius 3 is 2.76 bits per heavy atom. The molecule has 3 heterocycles. The molecule has 0 radical (unpaired) electrons. The summed E-state index contributed by atoms with van der Waals surface area (Å²) in [6, 6.07) is 15.8. The number of H-pyrrole nitrogens is 1. The molecule has 0 spiro atoms. The molecule has 1 aliphatic heterocycles. The molecular weight excluding hydrogens is 416 g/mol. The summed E-state index contributed by atoms with van der Waals surface area (Å²) in [5, 5.41) is 9.46. The summed E-state index contributed by atoms with van der Waals surface area (Å²) < 4.78 is 11.1. The minimum absolute atomic E-state index is 0.205. The Kier molecular flexibility index (Phi) is 6.11. The number of benzene rings is 2. The fourth-order valence-electron chi connectivity index (χ4n) is 4.63. The van der Waals surface area contributed by atoms with Crippen molar-refractivity contribution in [2.24, 2.45) is 0 Å². The van der Waals surface area contributed by atoms with Crippen LogP contribution < -0.4 is 4.74 Å². The van der Waals surface area contributed by atoms with E-state index in [4.69, 9.17) is 9.15 Å². The summed E-state index contributed by atoms with van der Waals surface area (Å²) in [6.07, 6.45) is 5.87. The third kappa shape index (κ3) is 4.62. The number of hydrogen-bond acceptors (Lipinski definition) is 5. The lowest BCUT2D eigenvalue weighted by molar-refractivity contribution is -0.132. The summed E-state index contributed by atoms with van der Waals surface area (Å²) in [7, 11) is 1.69. The second-order valence-corrected chi connectivity index (χ2v) is 8.53. The number of fused-ring (bicyclic) bond motifs is 1. The maximum absolute atomic E-state index is 12.7. The van der Waals surface area contributed by atoms with E-state index in [0.717, 1.165) is 42.8 Å². The molecule has 0 unspecified atom stereocenters. The van der Waals surface area contributed by atoms with Gasteiger partial charge in [0.25, 0.3) is 0 Å². The standard InChI is InChI=1S/C26H28N4O3/c1-32-20-10-11-23-21(16-20)22(17-27-23)18-12-14-30(15-13-18)25(31)9-5-8-24-28-29-26(33-24)19-6-3-2-4-7-19/h2-4,6-7,10-11,16-18,27H,5,8-9,12-15H2,1H3. The predicted molar refractivity (Wildman–Crippen MR) is 126 cm³/mol. The van der Waals surface area contributed by atoms with Gasteiger partial charge in [-0.25, -0.2) is 0 Å². The molecule has 2 aromatic carbocycles. The smallest absolute Gasteiger partial charge is 0.247 e. The Morgan fingerprint density at radius 2 is 1.97 bits per heavy atom. The van der Waals surface area contributed by atoms with Crippen LogP contribution >= 0.6 is 0 Å². The van der Waals surface area contributed by atoms with Crippen molar-refractivity contribution in [3.63, 3.8) is 0 Å². The highest BCUT2D eigenvalue weighted by Crippen LogP contribution is 2.34. The highest BCUT2D eigenvalue weighted by molar-refractivity contribution is 5.85. The number of aryl methyl sites for hydroxylation is 1. The van der Waals surface area contributed by atoms with Gasteiger partial charge in [-0.3, -0.25) is 4.79 Å². The predicted octanol–water partition coefficient (Wildman–Crippen LogP) is 4.96. The van der Waals surface area contributed by atoms with Gasteiger partial charge in [0.15, 0.2) is 0 Å². The normalized spacial score (nSPS) is 14.6. The fraction of sp³-hybridized carbons (Fsp3) is 0.346. The lowest BCUT2D eigenvalue weighted by atomic mass is 9.89. The van der Waals surface area contributed by atoms with Crippen molar-refractivity contribution in [2.75, 3.05) is 20.2 Å². The first-order chi connectivity index (χ1) is 16.2. The largest absolute Gasteiger partial charge is 0.497 e. The number of amides is 1. The number of rotatable bonds is 7. The van der Waals surface area contributed by atoms with Crippen LogP contribution in [0.5, 0.6) is 5.75 Å². The third-order valence-corrected chi connectivity index (χ3v) is 6.48. The SMILES string of the molecule is COc1ccc2[nH]cc(C3CCN(C(=O)CCCc4nnc(-c5ccccc5)o4)CC3)c2c1. The van der Waals surface area contributed by atoms with E-state index in [1.165, 1.54) is 10.9 Å². The maximum Gasteiger partial charge on any atom is 0.247 e. The van der Waals surface area contributed by atoms with Gasteiger partial charge in [0.1, 0.15) is 5.75 Å². The van der Waals surface area contributed by atoms with E-state index in [0.29, 0.717) is 37.0 Å². The van der Waals surface area contributed by atoms with Gasteiger partial charge in [-0.15, -0.1) is 10.2 Å². The average molecular weight is 445 g/mol. The minimum atomic E-state index is 0.205. The first-order valence-corrected chi connectivity index (χ1v) is 11.5. The van der Waals surface area contributed by atoms with Crippen molar-refractivity contribution in [3.05, 3.63) is 66.2 Å². The molecule has 1 fully saturated rings. The molecule has 0 saturated carbocycles. The molecule has 0 bridgehead atoms. The van der Waals surface area contributed by atoms with E-state index in [1.54, 1.807) is 7.11 Å². The molecule has 170 valence electrons. The Balaban J connectivity index is 1.11. The van der Waals surface area contributed by atoms with Crippen molar-refractivity contribution >= 4 is 16.8 Å². The summed E-state index contributed by atoms with van der Waals surface area (Å²) in [5.41, 5.74) is 3.35. The molecule has 1 saturated heterocycles. The van der Waals surface area contributed by atoms with Crippen LogP contribution in [0.25, 0.3) is 22.4 Å². The number of hydrogen-bond donors (Lipinski definition) is 1. The molecule has 0 aliphatic carbocycles. The number of carbonyl (C=O) groups excluding carboxylic acids is 1. The van der Waals surface area contributed by atoms with Gasteiger partial charge in [-0.1, -0.05) is 18.2 Å². The van der Waals surface area contributed by atoms with Gasteiger partial charge in [0, 0.05) is 48.6 Å². The zero-order valence-electron chi connectivity index (χ0n) is 18.8. The number of aromatic nitrogens is 3. The Labute approximate surface area is 192 Å².